The quantitative estimate of drug-likeness (QED) is 0.695. The van der Waals surface area contributed by atoms with Crippen LogP contribution in [0, 0.1) is 13.8 Å². The van der Waals surface area contributed by atoms with Gasteiger partial charge in [-0.1, -0.05) is 64.5 Å². The molecule has 0 aliphatic heterocycles. The van der Waals surface area contributed by atoms with Gasteiger partial charge in [-0.25, -0.2) is 0 Å². The standard InChI is InChI=1S/C17H19Br/c1-13-8-9-15(10-14(13)2)11-17(12-18)16-6-4-3-5-7-16/h3-10,17H,11-12H2,1-2H3. The van der Waals surface area contributed by atoms with E-state index in [-0.39, 0.29) is 0 Å². The Bertz CT molecular complexity index is 502. The summed E-state index contributed by atoms with van der Waals surface area (Å²) in [4.78, 5) is 0. The van der Waals surface area contributed by atoms with Crippen LogP contribution in [0.3, 0.4) is 0 Å². The predicted octanol–water partition coefficient (Wildman–Crippen LogP) is 5.02. The van der Waals surface area contributed by atoms with E-state index in [9.17, 15) is 0 Å². The van der Waals surface area contributed by atoms with Gasteiger partial charge in [-0.2, -0.15) is 0 Å². The molecule has 0 heterocycles. The van der Waals surface area contributed by atoms with E-state index in [1.54, 1.807) is 0 Å². The molecule has 1 atom stereocenters. The SMILES string of the molecule is Cc1ccc(CC(CBr)c2ccccc2)cc1C. The third-order valence-electron chi connectivity index (χ3n) is 3.51. The van der Waals surface area contributed by atoms with Crippen molar-refractivity contribution in [1.82, 2.24) is 0 Å². The molecule has 0 aromatic heterocycles. The number of hydrogen-bond donors (Lipinski definition) is 0. The van der Waals surface area contributed by atoms with Gasteiger partial charge in [0.05, 0.1) is 0 Å². The first-order valence-corrected chi connectivity index (χ1v) is 7.50. The number of aryl methyl sites for hydroxylation is 2. The van der Waals surface area contributed by atoms with Gasteiger partial charge >= 0.3 is 0 Å². The fourth-order valence-electron chi connectivity index (χ4n) is 2.20. The maximum absolute atomic E-state index is 3.64. The van der Waals surface area contributed by atoms with Crippen LogP contribution in [0.1, 0.15) is 28.2 Å². The number of benzene rings is 2. The minimum Gasteiger partial charge on any atom is -0.0921 e. The first-order chi connectivity index (χ1) is 8.70. The maximum atomic E-state index is 3.64. The molecule has 0 saturated carbocycles. The fraction of sp³-hybridized carbons (Fsp3) is 0.294. The number of halogens is 1. The van der Waals surface area contributed by atoms with E-state index < -0.39 is 0 Å². The van der Waals surface area contributed by atoms with Gasteiger partial charge < -0.3 is 0 Å². The summed E-state index contributed by atoms with van der Waals surface area (Å²) in [6, 6.07) is 17.5. The highest BCUT2D eigenvalue weighted by molar-refractivity contribution is 9.09. The summed E-state index contributed by atoms with van der Waals surface area (Å²) in [6.07, 6.45) is 1.09. The van der Waals surface area contributed by atoms with Crippen LogP contribution in [-0.2, 0) is 6.42 Å². The van der Waals surface area contributed by atoms with Crippen LogP contribution in [0.4, 0.5) is 0 Å². The normalized spacial score (nSPS) is 12.4. The van der Waals surface area contributed by atoms with E-state index in [1.807, 2.05) is 0 Å². The van der Waals surface area contributed by atoms with Crippen LogP contribution in [-0.4, -0.2) is 5.33 Å². The van der Waals surface area contributed by atoms with E-state index in [0.29, 0.717) is 5.92 Å². The molecular formula is C17H19Br. The molecule has 94 valence electrons. The van der Waals surface area contributed by atoms with Crippen molar-refractivity contribution in [2.45, 2.75) is 26.2 Å². The molecule has 2 rings (SSSR count). The lowest BCUT2D eigenvalue weighted by molar-refractivity contribution is 0.774. The summed E-state index contributed by atoms with van der Waals surface area (Å²) in [6.45, 7) is 4.35. The van der Waals surface area contributed by atoms with Crippen molar-refractivity contribution in [3.63, 3.8) is 0 Å². The Hall–Kier alpha value is -1.08. The first-order valence-electron chi connectivity index (χ1n) is 6.37. The van der Waals surface area contributed by atoms with Crippen molar-refractivity contribution in [2.24, 2.45) is 0 Å². The topological polar surface area (TPSA) is 0 Å². The van der Waals surface area contributed by atoms with E-state index in [1.165, 1.54) is 22.3 Å². The Morgan fingerprint density at radius 3 is 2.28 bits per heavy atom. The van der Waals surface area contributed by atoms with Gasteiger partial charge in [0.2, 0.25) is 0 Å². The zero-order valence-corrected chi connectivity index (χ0v) is 12.6. The van der Waals surface area contributed by atoms with Gasteiger partial charge in [-0.05, 0) is 48.4 Å². The Labute approximate surface area is 118 Å². The number of hydrogen-bond acceptors (Lipinski definition) is 0. The van der Waals surface area contributed by atoms with Crippen LogP contribution < -0.4 is 0 Å². The zero-order valence-electron chi connectivity index (χ0n) is 11.0. The van der Waals surface area contributed by atoms with Gasteiger partial charge in [-0.15, -0.1) is 0 Å². The summed E-state index contributed by atoms with van der Waals surface area (Å²) >= 11 is 3.64. The second-order valence-electron chi connectivity index (χ2n) is 4.88. The Balaban J connectivity index is 2.18. The summed E-state index contributed by atoms with van der Waals surface area (Å²) in [5.41, 5.74) is 5.58. The van der Waals surface area contributed by atoms with Crippen LogP contribution in [0.15, 0.2) is 48.5 Å². The highest BCUT2D eigenvalue weighted by atomic mass is 79.9. The molecule has 1 heteroatoms. The molecule has 0 aliphatic carbocycles. The summed E-state index contributed by atoms with van der Waals surface area (Å²) in [7, 11) is 0. The van der Waals surface area contributed by atoms with Gasteiger partial charge in [0, 0.05) is 5.33 Å². The van der Waals surface area contributed by atoms with E-state index >= 15 is 0 Å². The highest BCUT2D eigenvalue weighted by Gasteiger charge is 2.10. The molecule has 0 N–H and O–H groups in total. The Morgan fingerprint density at radius 1 is 0.944 bits per heavy atom. The molecular weight excluding hydrogens is 284 g/mol. The molecule has 2 aromatic rings. The smallest absolute Gasteiger partial charge is 0.0103 e. The van der Waals surface area contributed by atoms with E-state index in [0.717, 1.165) is 11.8 Å². The van der Waals surface area contributed by atoms with Gasteiger partial charge in [0.25, 0.3) is 0 Å². The van der Waals surface area contributed by atoms with Crippen molar-refractivity contribution in [3.05, 3.63) is 70.8 Å². The molecule has 1 unspecified atom stereocenters. The second-order valence-corrected chi connectivity index (χ2v) is 5.53. The Kier molecular flexibility index (Phi) is 4.60. The van der Waals surface area contributed by atoms with Crippen LogP contribution in [0.2, 0.25) is 0 Å². The zero-order chi connectivity index (χ0) is 13.0. The molecule has 0 saturated heterocycles. The minimum atomic E-state index is 0.549. The Morgan fingerprint density at radius 2 is 1.67 bits per heavy atom. The summed E-state index contributed by atoms with van der Waals surface area (Å²) in [5.74, 6) is 0.549. The van der Waals surface area contributed by atoms with Crippen molar-refractivity contribution in [2.75, 3.05) is 5.33 Å². The van der Waals surface area contributed by atoms with Gasteiger partial charge in [0.15, 0.2) is 0 Å². The molecule has 2 aromatic carbocycles. The second kappa shape index (κ2) is 6.19. The van der Waals surface area contributed by atoms with Gasteiger partial charge in [-0.3, -0.25) is 0 Å². The van der Waals surface area contributed by atoms with Crippen molar-refractivity contribution >= 4 is 15.9 Å². The average Bonchev–Trinajstić information content (AvgIpc) is 2.41. The summed E-state index contributed by atoms with van der Waals surface area (Å²) < 4.78 is 0. The lowest BCUT2D eigenvalue weighted by atomic mass is 9.92. The van der Waals surface area contributed by atoms with Crippen molar-refractivity contribution in [3.8, 4) is 0 Å². The van der Waals surface area contributed by atoms with Crippen LogP contribution in [0.5, 0.6) is 0 Å². The molecule has 0 aliphatic rings. The van der Waals surface area contributed by atoms with Gasteiger partial charge in [0.1, 0.15) is 0 Å². The largest absolute Gasteiger partial charge is 0.0921 e. The van der Waals surface area contributed by atoms with Crippen molar-refractivity contribution in [1.29, 1.82) is 0 Å². The molecule has 0 amide bonds. The lowest BCUT2D eigenvalue weighted by Gasteiger charge is -2.15. The summed E-state index contributed by atoms with van der Waals surface area (Å²) in [5, 5.41) is 1.00. The third kappa shape index (κ3) is 3.23. The third-order valence-corrected chi connectivity index (χ3v) is 4.29. The first kappa shape index (κ1) is 13.4. The molecule has 0 bridgehead atoms. The highest BCUT2D eigenvalue weighted by Crippen LogP contribution is 2.23. The maximum Gasteiger partial charge on any atom is 0.0103 e. The van der Waals surface area contributed by atoms with E-state index in [2.05, 4.69) is 78.3 Å². The fourth-order valence-corrected chi connectivity index (χ4v) is 2.80. The molecule has 0 radical (unpaired) electrons. The van der Waals surface area contributed by atoms with Crippen LogP contribution in [0.25, 0.3) is 0 Å². The minimum absolute atomic E-state index is 0.549. The molecule has 18 heavy (non-hydrogen) atoms. The monoisotopic (exact) mass is 302 g/mol. The van der Waals surface area contributed by atoms with E-state index in [4.69, 9.17) is 0 Å². The molecule has 0 nitrogen and oxygen atoms in total. The number of alkyl halides is 1. The average molecular weight is 303 g/mol. The molecule has 0 spiro atoms. The van der Waals surface area contributed by atoms with Crippen molar-refractivity contribution < 1.29 is 0 Å². The number of rotatable bonds is 4. The molecule has 0 fully saturated rings. The predicted molar refractivity (Wildman–Crippen MR) is 82.6 cm³/mol. The lowest BCUT2D eigenvalue weighted by Crippen LogP contribution is -2.04. The van der Waals surface area contributed by atoms with Crippen LogP contribution >= 0.6 is 15.9 Å².